The quantitative estimate of drug-likeness (QED) is 0.373. The van der Waals surface area contributed by atoms with Crippen LogP contribution in [0.15, 0.2) is 35.3 Å². The van der Waals surface area contributed by atoms with Crippen molar-refractivity contribution in [2.75, 3.05) is 45.9 Å². The highest BCUT2D eigenvalue weighted by Gasteiger charge is 2.32. The van der Waals surface area contributed by atoms with Gasteiger partial charge in [0, 0.05) is 32.2 Å². The highest BCUT2D eigenvalue weighted by Crippen LogP contribution is 2.23. The molecule has 2 unspecified atom stereocenters. The smallest absolute Gasteiger partial charge is 0.194 e. The van der Waals surface area contributed by atoms with Gasteiger partial charge in [-0.15, -0.1) is 24.0 Å². The largest absolute Gasteiger partial charge is 0.373 e. The Hall–Kier alpha value is -0.860. The molecule has 0 aromatic heterocycles. The van der Waals surface area contributed by atoms with E-state index in [0.717, 1.165) is 51.2 Å². The fourth-order valence-corrected chi connectivity index (χ4v) is 4.91. The summed E-state index contributed by atoms with van der Waals surface area (Å²) < 4.78 is 6.10. The van der Waals surface area contributed by atoms with Crippen molar-refractivity contribution in [1.82, 2.24) is 15.1 Å². The highest BCUT2D eigenvalue weighted by atomic mass is 127. The van der Waals surface area contributed by atoms with Gasteiger partial charge in [-0.2, -0.15) is 0 Å². The molecule has 0 spiro atoms. The fraction of sp³-hybridized carbons (Fsp3) is 0.696. The summed E-state index contributed by atoms with van der Waals surface area (Å²) in [5, 5.41) is 3.51. The van der Waals surface area contributed by atoms with E-state index in [1.54, 1.807) is 0 Å². The summed E-state index contributed by atoms with van der Waals surface area (Å²) in [6, 6.07) is 11.6. The average molecular weight is 512 g/mol. The Bertz CT molecular complexity index is 633. The van der Waals surface area contributed by atoms with E-state index in [9.17, 15) is 0 Å². The van der Waals surface area contributed by atoms with Gasteiger partial charge in [0.05, 0.1) is 19.3 Å². The van der Waals surface area contributed by atoms with E-state index < -0.39 is 0 Å². The van der Waals surface area contributed by atoms with Gasteiger partial charge in [-0.25, -0.2) is 0 Å². The molecular weight excluding hydrogens is 475 g/mol. The first kappa shape index (κ1) is 22.8. The maximum atomic E-state index is 6.10. The molecule has 1 aromatic carbocycles. The molecule has 1 aromatic rings. The van der Waals surface area contributed by atoms with Gasteiger partial charge in [0.1, 0.15) is 0 Å². The number of hydrogen-bond donors (Lipinski definition) is 1. The monoisotopic (exact) mass is 512 g/mol. The number of nitrogens with one attached hydrogen (secondary N) is 1. The molecule has 3 aliphatic heterocycles. The Morgan fingerprint density at radius 1 is 1.14 bits per heavy atom. The van der Waals surface area contributed by atoms with Crippen LogP contribution in [0.5, 0.6) is 0 Å². The van der Waals surface area contributed by atoms with Crippen LogP contribution in [0.3, 0.4) is 0 Å². The number of ether oxygens (including phenoxy) is 1. The molecule has 5 nitrogen and oxygen atoms in total. The Balaban J connectivity index is 0.00000240. The molecule has 0 radical (unpaired) electrons. The predicted molar refractivity (Wildman–Crippen MR) is 130 cm³/mol. The van der Waals surface area contributed by atoms with Crippen LogP contribution in [0.1, 0.15) is 38.2 Å². The van der Waals surface area contributed by atoms with Crippen LogP contribution in [0, 0.1) is 5.92 Å². The second kappa shape index (κ2) is 11.5. The van der Waals surface area contributed by atoms with Crippen molar-refractivity contribution in [1.29, 1.82) is 0 Å². The van der Waals surface area contributed by atoms with E-state index in [1.807, 2.05) is 0 Å². The number of halogens is 1. The van der Waals surface area contributed by atoms with Crippen molar-refractivity contribution >= 4 is 29.9 Å². The van der Waals surface area contributed by atoms with E-state index >= 15 is 0 Å². The van der Waals surface area contributed by atoms with Crippen LogP contribution in [-0.4, -0.2) is 73.8 Å². The van der Waals surface area contributed by atoms with Crippen LogP contribution in [0.4, 0.5) is 0 Å². The number of piperidine rings is 1. The summed E-state index contributed by atoms with van der Waals surface area (Å²) >= 11 is 0. The lowest BCUT2D eigenvalue weighted by molar-refractivity contribution is -0.0433. The zero-order chi connectivity index (χ0) is 19.2. The first-order valence-electron chi connectivity index (χ1n) is 11.2. The van der Waals surface area contributed by atoms with E-state index in [-0.39, 0.29) is 30.1 Å². The number of nitrogens with zero attached hydrogens (tertiary/aromatic N) is 3. The Morgan fingerprint density at radius 3 is 2.69 bits per heavy atom. The minimum absolute atomic E-state index is 0. The van der Waals surface area contributed by atoms with Crippen molar-refractivity contribution in [3.05, 3.63) is 35.9 Å². The third-order valence-electron chi connectivity index (χ3n) is 6.52. The van der Waals surface area contributed by atoms with Crippen molar-refractivity contribution in [3.63, 3.8) is 0 Å². The lowest BCUT2D eigenvalue weighted by Crippen LogP contribution is -2.49. The summed E-state index contributed by atoms with van der Waals surface area (Å²) in [5.41, 5.74) is 1.47. The van der Waals surface area contributed by atoms with Crippen molar-refractivity contribution < 1.29 is 4.74 Å². The lowest BCUT2D eigenvalue weighted by atomic mass is 9.90. The summed E-state index contributed by atoms with van der Waals surface area (Å²) in [5.74, 6) is 1.86. The number of rotatable bonds is 5. The van der Waals surface area contributed by atoms with Gasteiger partial charge < -0.3 is 15.0 Å². The van der Waals surface area contributed by atoms with Gasteiger partial charge in [0.25, 0.3) is 0 Å². The van der Waals surface area contributed by atoms with Crippen LogP contribution < -0.4 is 5.32 Å². The molecule has 0 bridgehead atoms. The van der Waals surface area contributed by atoms with E-state index in [2.05, 4.69) is 52.4 Å². The molecule has 6 heteroatoms. The molecular formula is C23H37IN4O. The van der Waals surface area contributed by atoms with E-state index in [1.165, 1.54) is 44.2 Å². The summed E-state index contributed by atoms with van der Waals surface area (Å²) in [6.45, 7) is 9.23. The summed E-state index contributed by atoms with van der Waals surface area (Å²) in [7, 11) is 0. The molecule has 3 heterocycles. The van der Waals surface area contributed by atoms with Crippen molar-refractivity contribution in [3.8, 4) is 0 Å². The van der Waals surface area contributed by atoms with Gasteiger partial charge in [-0.1, -0.05) is 30.3 Å². The third-order valence-corrected chi connectivity index (χ3v) is 6.52. The maximum Gasteiger partial charge on any atom is 0.194 e. The Labute approximate surface area is 193 Å². The Morgan fingerprint density at radius 2 is 1.93 bits per heavy atom. The van der Waals surface area contributed by atoms with Gasteiger partial charge in [-0.3, -0.25) is 9.89 Å². The molecule has 29 heavy (non-hydrogen) atoms. The van der Waals surface area contributed by atoms with Crippen molar-refractivity contribution in [2.45, 2.75) is 51.2 Å². The number of aliphatic imine (C=N–C) groups is 1. The molecule has 3 saturated heterocycles. The fourth-order valence-electron chi connectivity index (χ4n) is 4.91. The molecule has 0 amide bonds. The molecule has 0 aliphatic carbocycles. The number of hydrogen-bond acceptors (Lipinski definition) is 3. The number of likely N-dealkylation sites (tertiary alicyclic amines) is 1. The normalized spacial score (nSPS) is 26.1. The number of fused-ring (bicyclic) bond motifs is 1. The topological polar surface area (TPSA) is 40.1 Å². The molecule has 1 N–H and O–H groups in total. The van der Waals surface area contributed by atoms with Crippen molar-refractivity contribution in [2.24, 2.45) is 10.9 Å². The van der Waals surface area contributed by atoms with Gasteiger partial charge >= 0.3 is 0 Å². The predicted octanol–water partition coefficient (Wildman–Crippen LogP) is 3.39. The number of benzene rings is 1. The minimum Gasteiger partial charge on any atom is -0.373 e. The van der Waals surface area contributed by atoms with E-state index in [0.29, 0.717) is 6.04 Å². The van der Waals surface area contributed by atoms with Crippen LogP contribution in [0.2, 0.25) is 0 Å². The average Bonchev–Trinajstić information content (AvgIpc) is 3.20. The number of morpholine rings is 1. The van der Waals surface area contributed by atoms with Crippen LogP contribution in [0.25, 0.3) is 0 Å². The molecule has 2 atom stereocenters. The molecule has 4 rings (SSSR count). The second-order valence-corrected chi connectivity index (χ2v) is 8.56. The molecule has 3 fully saturated rings. The number of guanidine groups is 1. The first-order valence-corrected chi connectivity index (χ1v) is 11.2. The van der Waals surface area contributed by atoms with Gasteiger partial charge in [-0.05, 0) is 57.1 Å². The molecule has 162 valence electrons. The zero-order valence-electron chi connectivity index (χ0n) is 17.8. The maximum absolute atomic E-state index is 6.10. The highest BCUT2D eigenvalue weighted by molar-refractivity contribution is 14.0. The Kier molecular flexibility index (Phi) is 9.06. The summed E-state index contributed by atoms with van der Waals surface area (Å²) in [4.78, 5) is 10.0. The standard InChI is InChI=1S/C23H36N4O.HI/c1-2-24-23(25-16-22-17-27-12-6-9-21(27)18-28-22)26-13-10-20(11-14-26)15-19-7-4-3-5-8-19;/h3-5,7-8,20-22H,2,6,9-18H2,1H3,(H,24,25);1H. The zero-order valence-corrected chi connectivity index (χ0v) is 20.1. The van der Waals surface area contributed by atoms with Crippen LogP contribution >= 0.6 is 24.0 Å². The van der Waals surface area contributed by atoms with Crippen LogP contribution in [-0.2, 0) is 11.2 Å². The first-order chi connectivity index (χ1) is 13.8. The molecule has 0 saturated carbocycles. The molecule has 3 aliphatic rings. The SMILES string of the molecule is CCNC(=NCC1CN2CCCC2CO1)N1CCC(Cc2ccccc2)CC1.I. The van der Waals surface area contributed by atoms with E-state index in [4.69, 9.17) is 9.73 Å². The minimum atomic E-state index is 0. The summed E-state index contributed by atoms with van der Waals surface area (Å²) in [6.07, 6.45) is 6.57. The second-order valence-electron chi connectivity index (χ2n) is 8.56. The third kappa shape index (κ3) is 6.31. The van der Waals surface area contributed by atoms with Gasteiger partial charge in [0.15, 0.2) is 5.96 Å². The lowest BCUT2D eigenvalue weighted by Gasteiger charge is -2.36. The van der Waals surface area contributed by atoms with Gasteiger partial charge in [0.2, 0.25) is 0 Å².